The lowest BCUT2D eigenvalue weighted by Crippen LogP contribution is -2.20. The van der Waals surface area contributed by atoms with Crippen LogP contribution in [0.2, 0.25) is 0 Å². The number of nitrogens with one attached hydrogen (secondary N) is 3. The number of hydrogen-bond donors (Lipinski definition) is 3. The van der Waals surface area contributed by atoms with Gasteiger partial charge in [0, 0.05) is 22.6 Å². The van der Waals surface area contributed by atoms with Crippen LogP contribution in [0.3, 0.4) is 0 Å². The van der Waals surface area contributed by atoms with Crippen LogP contribution < -0.4 is 20.1 Å². The van der Waals surface area contributed by atoms with Gasteiger partial charge in [0.25, 0.3) is 5.91 Å². The first-order valence-electron chi connectivity index (χ1n) is 9.51. The van der Waals surface area contributed by atoms with E-state index in [4.69, 9.17) is 4.74 Å². The number of rotatable bonds is 8. The van der Waals surface area contributed by atoms with Crippen LogP contribution in [0.15, 0.2) is 65.6 Å². The highest BCUT2D eigenvalue weighted by atomic mass is 32.2. The largest absolute Gasteiger partial charge is 0.497 e. The SMILES string of the molecule is CNS(=O)(=O)c1cc(NCc2cccc(C)n2)cc(C(=O)Nc2ccc(OC)cc2)c1. The molecule has 0 fully saturated rings. The number of anilines is 2. The van der Waals surface area contributed by atoms with Gasteiger partial charge in [-0.15, -0.1) is 0 Å². The fraction of sp³-hybridized carbons (Fsp3) is 0.182. The van der Waals surface area contributed by atoms with Crippen LogP contribution in [0.5, 0.6) is 5.75 Å². The summed E-state index contributed by atoms with van der Waals surface area (Å²) < 4.78 is 32.1. The van der Waals surface area contributed by atoms with E-state index in [1.165, 1.54) is 19.2 Å². The summed E-state index contributed by atoms with van der Waals surface area (Å²) in [6, 6.07) is 16.9. The van der Waals surface area contributed by atoms with E-state index in [0.29, 0.717) is 23.7 Å². The fourth-order valence-electron chi connectivity index (χ4n) is 2.87. The number of benzene rings is 2. The van der Waals surface area contributed by atoms with Crippen molar-refractivity contribution in [3.05, 3.63) is 77.6 Å². The molecule has 0 unspecified atom stereocenters. The molecular formula is C22H24N4O4S. The predicted molar refractivity (Wildman–Crippen MR) is 120 cm³/mol. The molecular weight excluding hydrogens is 416 g/mol. The normalized spacial score (nSPS) is 11.1. The van der Waals surface area contributed by atoms with Crippen molar-refractivity contribution in [2.24, 2.45) is 0 Å². The van der Waals surface area contributed by atoms with Crippen LogP contribution in [-0.4, -0.2) is 33.5 Å². The van der Waals surface area contributed by atoms with Crippen LogP contribution in [0.1, 0.15) is 21.7 Å². The molecule has 0 saturated carbocycles. The molecule has 0 spiro atoms. The number of amides is 1. The molecule has 31 heavy (non-hydrogen) atoms. The van der Waals surface area contributed by atoms with E-state index in [9.17, 15) is 13.2 Å². The lowest BCUT2D eigenvalue weighted by atomic mass is 10.1. The maximum atomic E-state index is 12.8. The molecule has 0 atom stereocenters. The van der Waals surface area contributed by atoms with Crippen LogP contribution in [0.25, 0.3) is 0 Å². The third kappa shape index (κ3) is 5.80. The molecule has 3 N–H and O–H groups in total. The number of aromatic nitrogens is 1. The Morgan fingerprint density at radius 1 is 1.03 bits per heavy atom. The summed E-state index contributed by atoms with van der Waals surface area (Å²) in [5, 5.41) is 5.91. The van der Waals surface area contributed by atoms with E-state index in [1.54, 1.807) is 37.4 Å². The molecule has 8 nitrogen and oxygen atoms in total. The standard InChI is InChI=1S/C22H24N4O4S/c1-15-5-4-6-18(25-15)14-24-19-11-16(12-21(13-19)31(28,29)23-2)22(27)26-17-7-9-20(30-3)10-8-17/h4-13,23-24H,14H2,1-3H3,(H,26,27). The highest BCUT2D eigenvalue weighted by Gasteiger charge is 2.17. The van der Waals surface area contributed by atoms with Crippen molar-refractivity contribution >= 4 is 27.3 Å². The van der Waals surface area contributed by atoms with E-state index < -0.39 is 15.9 Å². The van der Waals surface area contributed by atoms with Crippen LogP contribution in [-0.2, 0) is 16.6 Å². The molecule has 1 aromatic heterocycles. The molecule has 3 rings (SSSR count). The molecule has 1 amide bonds. The molecule has 0 radical (unpaired) electrons. The third-order valence-corrected chi connectivity index (χ3v) is 5.91. The number of hydrogen-bond acceptors (Lipinski definition) is 6. The van der Waals surface area contributed by atoms with Crippen molar-refractivity contribution in [2.45, 2.75) is 18.4 Å². The zero-order valence-corrected chi connectivity index (χ0v) is 18.3. The van der Waals surface area contributed by atoms with Gasteiger partial charge in [0.2, 0.25) is 10.0 Å². The first-order valence-corrected chi connectivity index (χ1v) is 11.0. The molecule has 0 saturated heterocycles. The second-order valence-corrected chi connectivity index (χ2v) is 8.65. The summed E-state index contributed by atoms with van der Waals surface area (Å²) in [5.41, 5.74) is 2.92. The molecule has 0 aliphatic heterocycles. The minimum atomic E-state index is -3.75. The Bertz CT molecular complexity index is 1180. The molecule has 162 valence electrons. The van der Waals surface area contributed by atoms with Gasteiger partial charge in [0.15, 0.2) is 0 Å². The third-order valence-electron chi connectivity index (χ3n) is 4.52. The minimum absolute atomic E-state index is 0.0166. The lowest BCUT2D eigenvalue weighted by Gasteiger charge is -2.13. The Labute approximate surface area is 181 Å². The van der Waals surface area contributed by atoms with Gasteiger partial charge in [-0.05, 0) is 68.6 Å². The van der Waals surface area contributed by atoms with Crippen molar-refractivity contribution in [1.29, 1.82) is 0 Å². The molecule has 3 aromatic rings. The predicted octanol–water partition coefficient (Wildman–Crippen LogP) is 3.17. The Hall–Kier alpha value is -3.43. The highest BCUT2D eigenvalue weighted by molar-refractivity contribution is 7.89. The number of nitrogens with zero attached hydrogens (tertiary/aromatic N) is 1. The van der Waals surface area contributed by atoms with Gasteiger partial charge in [0.05, 0.1) is 24.2 Å². The number of carbonyl (C=O) groups is 1. The zero-order chi connectivity index (χ0) is 22.4. The maximum absolute atomic E-state index is 12.8. The molecule has 9 heteroatoms. The average molecular weight is 441 g/mol. The van der Waals surface area contributed by atoms with Crippen molar-refractivity contribution in [3.63, 3.8) is 0 Å². The minimum Gasteiger partial charge on any atom is -0.497 e. The number of sulfonamides is 1. The number of aryl methyl sites for hydroxylation is 1. The van der Waals surface area contributed by atoms with Gasteiger partial charge in [-0.1, -0.05) is 6.07 Å². The van der Waals surface area contributed by atoms with E-state index in [-0.39, 0.29) is 10.5 Å². The van der Waals surface area contributed by atoms with Gasteiger partial charge in [0.1, 0.15) is 5.75 Å². The summed E-state index contributed by atoms with van der Waals surface area (Å²) in [5.74, 6) is 0.228. The van der Waals surface area contributed by atoms with E-state index in [0.717, 1.165) is 11.4 Å². The van der Waals surface area contributed by atoms with Crippen molar-refractivity contribution in [3.8, 4) is 5.75 Å². The number of pyridine rings is 1. The van der Waals surface area contributed by atoms with Crippen molar-refractivity contribution in [1.82, 2.24) is 9.71 Å². The second kappa shape index (κ2) is 9.59. The van der Waals surface area contributed by atoms with Crippen molar-refractivity contribution < 1.29 is 17.9 Å². The van der Waals surface area contributed by atoms with Crippen molar-refractivity contribution in [2.75, 3.05) is 24.8 Å². The first-order chi connectivity index (χ1) is 14.8. The van der Waals surface area contributed by atoms with Gasteiger partial charge in [-0.2, -0.15) is 0 Å². The first kappa shape index (κ1) is 22.3. The zero-order valence-electron chi connectivity index (χ0n) is 17.5. The Kier molecular flexibility index (Phi) is 6.88. The van der Waals surface area contributed by atoms with Gasteiger partial charge < -0.3 is 15.4 Å². The number of carbonyl (C=O) groups excluding carboxylic acids is 1. The summed E-state index contributed by atoms with van der Waals surface area (Å²) >= 11 is 0. The summed E-state index contributed by atoms with van der Waals surface area (Å²) in [6.07, 6.45) is 0. The summed E-state index contributed by atoms with van der Waals surface area (Å²) in [7, 11) is -0.870. The van der Waals surface area contributed by atoms with E-state index in [2.05, 4.69) is 20.3 Å². The Balaban J connectivity index is 1.87. The van der Waals surface area contributed by atoms with Crippen LogP contribution in [0.4, 0.5) is 11.4 Å². The van der Waals surface area contributed by atoms with E-state index >= 15 is 0 Å². The topological polar surface area (TPSA) is 109 Å². The molecule has 0 aliphatic carbocycles. The second-order valence-electron chi connectivity index (χ2n) is 6.76. The molecule has 2 aromatic carbocycles. The smallest absolute Gasteiger partial charge is 0.255 e. The fourth-order valence-corrected chi connectivity index (χ4v) is 3.67. The van der Waals surface area contributed by atoms with E-state index in [1.807, 2.05) is 25.1 Å². The number of ether oxygens (including phenoxy) is 1. The quantitative estimate of drug-likeness (QED) is 0.496. The summed E-state index contributed by atoms with van der Waals surface area (Å²) in [4.78, 5) is 17.2. The maximum Gasteiger partial charge on any atom is 0.255 e. The molecule has 0 bridgehead atoms. The van der Waals surface area contributed by atoms with Gasteiger partial charge in [-0.25, -0.2) is 13.1 Å². The van der Waals surface area contributed by atoms with Gasteiger partial charge >= 0.3 is 0 Å². The van der Waals surface area contributed by atoms with Gasteiger partial charge in [-0.3, -0.25) is 9.78 Å². The Morgan fingerprint density at radius 3 is 2.42 bits per heavy atom. The lowest BCUT2D eigenvalue weighted by molar-refractivity contribution is 0.102. The average Bonchev–Trinajstić information content (AvgIpc) is 2.78. The molecule has 1 heterocycles. The van der Waals surface area contributed by atoms with Crippen LogP contribution >= 0.6 is 0 Å². The monoisotopic (exact) mass is 440 g/mol. The highest BCUT2D eigenvalue weighted by Crippen LogP contribution is 2.22. The summed E-state index contributed by atoms with van der Waals surface area (Å²) in [6.45, 7) is 2.27. The molecule has 0 aliphatic rings. The van der Waals surface area contributed by atoms with Crippen LogP contribution in [0, 0.1) is 6.92 Å². The number of methoxy groups -OCH3 is 1. The Morgan fingerprint density at radius 2 is 1.77 bits per heavy atom.